The van der Waals surface area contributed by atoms with Crippen LogP contribution in [-0.4, -0.2) is 36.0 Å². The molecule has 0 spiro atoms. The second-order valence-corrected chi connectivity index (χ2v) is 8.46. The summed E-state index contributed by atoms with van der Waals surface area (Å²) < 4.78 is 11.0. The summed E-state index contributed by atoms with van der Waals surface area (Å²) in [6.45, 7) is 2.25. The molecule has 2 aliphatic heterocycles. The van der Waals surface area contributed by atoms with E-state index in [9.17, 15) is 9.59 Å². The van der Waals surface area contributed by atoms with Gasteiger partial charge in [0.1, 0.15) is 12.4 Å². The number of ether oxygens (including phenoxy) is 2. The molecule has 2 heterocycles. The first-order chi connectivity index (χ1) is 14.5. The van der Waals surface area contributed by atoms with Crippen molar-refractivity contribution in [3.05, 3.63) is 65.2 Å². The van der Waals surface area contributed by atoms with Crippen molar-refractivity contribution >= 4 is 11.9 Å². The van der Waals surface area contributed by atoms with Gasteiger partial charge < -0.3 is 14.4 Å². The molecule has 0 saturated carbocycles. The Morgan fingerprint density at radius 3 is 2.40 bits per heavy atom. The van der Waals surface area contributed by atoms with Crippen LogP contribution in [0.4, 0.5) is 4.79 Å². The predicted octanol–water partition coefficient (Wildman–Crippen LogP) is 5.16. The topological polar surface area (TPSA) is 55.8 Å². The highest BCUT2D eigenvalue weighted by molar-refractivity contribution is 5.98. The van der Waals surface area contributed by atoms with Gasteiger partial charge in [-0.1, -0.05) is 30.3 Å². The first-order valence-corrected chi connectivity index (χ1v) is 10.7. The summed E-state index contributed by atoms with van der Waals surface area (Å²) in [7, 11) is 1.62. The highest BCUT2D eigenvalue weighted by Gasteiger charge is 2.43. The minimum atomic E-state index is -0.253. The molecule has 30 heavy (non-hydrogen) atoms. The van der Waals surface area contributed by atoms with Crippen LogP contribution in [0.5, 0.6) is 5.75 Å². The van der Waals surface area contributed by atoms with Crippen molar-refractivity contribution in [3.8, 4) is 5.75 Å². The van der Waals surface area contributed by atoms with Gasteiger partial charge in [0.05, 0.1) is 7.11 Å². The van der Waals surface area contributed by atoms with E-state index in [0.717, 1.165) is 30.4 Å². The van der Waals surface area contributed by atoms with E-state index in [-0.39, 0.29) is 36.5 Å². The highest BCUT2D eigenvalue weighted by atomic mass is 16.6. The van der Waals surface area contributed by atoms with E-state index in [1.807, 2.05) is 60.4 Å². The summed E-state index contributed by atoms with van der Waals surface area (Å²) in [6, 6.07) is 15.6. The largest absolute Gasteiger partial charge is 0.497 e. The predicted molar refractivity (Wildman–Crippen MR) is 115 cm³/mol. The molecule has 2 atom stereocenters. The fourth-order valence-corrected chi connectivity index (χ4v) is 4.93. The molecule has 0 aliphatic carbocycles. The lowest BCUT2D eigenvalue weighted by atomic mass is 9.75. The van der Waals surface area contributed by atoms with Crippen molar-refractivity contribution in [1.29, 1.82) is 0 Å². The summed E-state index contributed by atoms with van der Waals surface area (Å²) in [5.41, 5.74) is 2.70. The van der Waals surface area contributed by atoms with Crippen molar-refractivity contribution in [2.45, 2.75) is 57.7 Å². The maximum absolute atomic E-state index is 13.2. The fraction of sp³-hybridized carbons (Fsp3) is 0.440. The average molecular weight is 408 g/mol. The van der Waals surface area contributed by atoms with Crippen LogP contribution in [0, 0.1) is 12.8 Å². The summed E-state index contributed by atoms with van der Waals surface area (Å²) in [4.78, 5) is 28.0. The molecular weight excluding hydrogens is 378 g/mol. The molecule has 2 aromatic rings. The van der Waals surface area contributed by atoms with E-state index in [4.69, 9.17) is 9.47 Å². The Morgan fingerprint density at radius 2 is 1.73 bits per heavy atom. The molecule has 1 amide bonds. The molecule has 158 valence electrons. The average Bonchev–Trinajstić information content (AvgIpc) is 2.76. The van der Waals surface area contributed by atoms with Crippen molar-refractivity contribution in [3.63, 3.8) is 0 Å². The molecule has 5 nitrogen and oxygen atoms in total. The molecule has 2 unspecified atom stereocenters. The summed E-state index contributed by atoms with van der Waals surface area (Å²) in [5.74, 6) is 0.802. The number of hydrogen-bond donors (Lipinski definition) is 0. The Hall–Kier alpha value is -2.82. The van der Waals surface area contributed by atoms with Gasteiger partial charge in [-0.15, -0.1) is 0 Å². The van der Waals surface area contributed by atoms with Gasteiger partial charge >= 0.3 is 6.09 Å². The number of rotatable bonds is 5. The molecule has 0 aromatic heterocycles. The number of nitrogens with zero attached hydrogens (tertiary/aromatic N) is 1. The zero-order valence-electron chi connectivity index (χ0n) is 17.7. The summed E-state index contributed by atoms with van der Waals surface area (Å²) >= 11 is 0. The Morgan fingerprint density at radius 1 is 1.03 bits per heavy atom. The molecule has 2 saturated heterocycles. The van der Waals surface area contributed by atoms with Crippen LogP contribution < -0.4 is 4.74 Å². The maximum atomic E-state index is 13.2. The van der Waals surface area contributed by atoms with E-state index in [1.54, 1.807) is 7.11 Å². The monoisotopic (exact) mass is 407 g/mol. The van der Waals surface area contributed by atoms with Gasteiger partial charge in [0.25, 0.3) is 0 Å². The Balaban J connectivity index is 1.45. The van der Waals surface area contributed by atoms with Crippen LogP contribution in [0.25, 0.3) is 0 Å². The molecule has 0 radical (unpaired) electrons. The van der Waals surface area contributed by atoms with E-state index in [1.165, 1.54) is 0 Å². The smallest absolute Gasteiger partial charge is 0.410 e. The Bertz CT molecular complexity index is 897. The van der Waals surface area contributed by atoms with Gasteiger partial charge in [0.15, 0.2) is 5.78 Å². The highest BCUT2D eigenvalue weighted by Crippen LogP contribution is 2.39. The second-order valence-electron chi connectivity index (χ2n) is 8.46. The third-order valence-corrected chi connectivity index (χ3v) is 6.33. The molecule has 2 aromatic carbocycles. The Labute approximate surface area is 178 Å². The lowest BCUT2D eigenvalue weighted by Gasteiger charge is -2.47. The second kappa shape index (κ2) is 8.90. The lowest BCUT2D eigenvalue weighted by Crippen LogP contribution is -2.55. The van der Waals surface area contributed by atoms with Gasteiger partial charge in [0, 0.05) is 23.6 Å². The number of fused-ring (bicyclic) bond motifs is 2. The number of piperidine rings is 2. The molecule has 5 heteroatoms. The number of methoxy groups -OCH3 is 1. The molecule has 0 N–H and O–H groups in total. The number of Topliss-reactive ketones (excluding diaryl/α,β-unsaturated/α-hetero) is 1. The number of amides is 1. The van der Waals surface area contributed by atoms with E-state index in [2.05, 4.69) is 0 Å². The molecular formula is C25H29NO4. The summed E-state index contributed by atoms with van der Waals surface area (Å²) in [6.07, 6.45) is 4.10. The van der Waals surface area contributed by atoms with E-state index < -0.39 is 0 Å². The minimum Gasteiger partial charge on any atom is -0.497 e. The van der Waals surface area contributed by atoms with Crippen molar-refractivity contribution in [2.75, 3.05) is 7.11 Å². The number of ketones is 1. The number of carbonyl (C=O) groups excluding carboxylic acids is 2. The quantitative estimate of drug-likeness (QED) is 0.643. The SMILES string of the molecule is COc1cc(C)cc(C(=O)C2CC3CCCC(C2)N3C(=O)OCc2ccccc2)c1. The van der Waals surface area contributed by atoms with Crippen LogP contribution in [0.2, 0.25) is 0 Å². The number of benzene rings is 2. The molecule has 2 fully saturated rings. The zero-order valence-corrected chi connectivity index (χ0v) is 17.7. The summed E-state index contributed by atoms with van der Waals surface area (Å²) in [5, 5.41) is 0. The number of aryl methyl sites for hydroxylation is 1. The van der Waals surface area contributed by atoms with Gasteiger partial charge in [-0.2, -0.15) is 0 Å². The normalized spacial score (nSPS) is 23.0. The van der Waals surface area contributed by atoms with Crippen LogP contribution in [0.3, 0.4) is 0 Å². The van der Waals surface area contributed by atoms with Gasteiger partial charge in [-0.3, -0.25) is 4.79 Å². The maximum Gasteiger partial charge on any atom is 0.410 e. The first kappa shape index (κ1) is 20.5. The van der Waals surface area contributed by atoms with Gasteiger partial charge in [0.2, 0.25) is 0 Å². The van der Waals surface area contributed by atoms with Crippen LogP contribution in [0.1, 0.15) is 53.6 Å². The first-order valence-electron chi connectivity index (χ1n) is 10.7. The molecule has 2 aliphatic rings. The Kier molecular flexibility index (Phi) is 6.07. The zero-order chi connectivity index (χ0) is 21.1. The van der Waals surface area contributed by atoms with Crippen LogP contribution >= 0.6 is 0 Å². The van der Waals surface area contributed by atoms with Crippen LogP contribution in [-0.2, 0) is 11.3 Å². The number of carbonyl (C=O) groups is 2. The third kappa shape index (κ3) is 4.35. The van der Waals surface area contributed by atoms with Crippen molar-refractivity contribution < 1.29 is 19.1 Å². The molecule has 4 rings (SSSR count). The van der Waals surface area contributed by atoms with Crippen molar-refractivity contribution in [1.82, 2.24) is 4.90 Å². The van der Waals surface area contributed by atoms with Gasteiger partial charge in [-0.05, 0) is 68.4 Å². The van der Waals surface area contributed by atoms with E-state index in [0.29, 0.717) is 24.2 Å². The third-order valence-electron chi connectivity index (χ3n) is 6.33. The molecule has 2 bridgehead atoms. The standard InChI is InChI=1S/C25H29NO4/c1-17-11-19(15-23(12-17)29-2)24(27)20-13-21-9-6-10-22(14-20)26(21)25(28)30-16-18-7-4-3-5-8-18/h3-5,7-8,11-12,15,20-22H,6,9-10,13-14,16H2,1-2H3. The van der Waals surface area contributed by atoms with Crippen LogP contribution in [0.15, 0.2) is 48.5 Å². The number of hydrogen-bond acceptors (Lipinski definition) is 4. The van der Waals surface area contributed by atoms with Crippen molar-refractivity contribution in [2.24, 2.45) is 5.92 Å². The lowest BCUT2D eigenvalue weighted by molar-refractivity contribution is 0.00472. The van der Waals surface area contributed by atoms with Gasteiger partial charge in [-0.25, -0.2) is 4.79 Å². The minimum absolute atomic E-state index is 0.0648. The van der Waals surface area contributed by atoms with E-state index >= 15 is 0 Å². The fourth-order valence-electron chi connectivity index (χ4n) is 4.93.